The second-order valence-electron chi connectivity index (χ2n) is 4.44. The maximum absolute atomic E-state index is 11.8. The van der Waals surface area contributed by atoms with Gasteiger partial charge in [0.05, 0.1) is 17.1 Å². The Balaban J connectivity index is 2.53. The average Bonchev–Trinajstić information content (AvgIpc) is 2.34. The molecular formula is C13H16O6S. The Labute approximate surface area is 117 Å². The first-order valence-corrected chi connectivity index (χ1v) is 7.87. The van der Waals surface area contributed by atoms with Gasteiger partial charge in [0, 0.05) is 6.42 Å². The van der Waals surface area contributed by atoms with Crippen molar-refractivity contribution in [2.45, 2.75) is 25.0 Å². The van der Waals surface area contributed by atoms with E-state index < -0.39 is 21.8 Å². The Bertz CT molecular complexity index is 573. The van der Waals surface area contributed by atoms with E-state index >= 15 is 0 Å². The van der Waals surface area contributed by atoms with Crippen LogP contribution in [0.15, 0.2) is 24.3 Å². The molecule has 1 aromatic rings. The second-order valence-corrected chi connectivity index (χ2v) is 6.63. The molecular weight excluding hydrogens is 284 g/mol. The van der Waals surface area contributed by atoms with E-state index in [1.165, 1.54) is 24.3 Å². The van der Waals surface area contributed by atoms with E-state index in [2.05, 4.69) is 0 Å². The molecule has 1 rings (SSSR count). The topological polar surface area (TPSA) is 109 Å². The first-order chi connectivity index (χ1) is 9.30. The van der Waals surface area contributed by atoms with Gasteiger partial charge in [0.15, 0.2) is 9.84 Å². The summed E-state index contributed by atoms with van der Waals surface area (Å²) in [5.74, 6) is -2.24. The minimum Gasteiger partial charge on any atom is -0.481 e. The zero-order valence-corrected chi connectivity index (χ0v) is 11.6. The van der Waals surface area contributed by atoms with Crippen molar-refractivity contribution in [2.24, 2.45) is 0 Å². The van der Waals surface area contributed by atoms with Crippen molar-refractivity contribution in [3.63, 3.8) is 0 Å². The third kappa shape index (κ3) is 5.83. The number of carbonyl (C=O) groups is 2. The zero-order valence-electron chi connectivity index (χ0n) is 10.8. The Kier molecular flexibility index (Phi) is 5.69. The summed E-state index contributed by atoms with van der Waals surface area (Å²) < 4.78 is 23.6. The second kappa shape index (κ2) is 7.04. The standard InChI is InChI=1S/C13H16O6S/c14-12(15)3-1-2-8-20(18,19)9-10-4-6-11(7-5-10)13(16)17/h4-7H,1-3,8-9H2,(H,14,15)(H,16,17). The van der Waals surface area contributed by atoms with Crippen LogP contribution in [-0.2, 0) is 20.4 Å². The maximum atomic E-state index is 11.8. The summed E-state index contributed by atoms with van der Waals surface area (Å²) in [5.41, 5.74) is 0.626. The van der Waals surface area contributed by atoms with Gasteiger partial charge in [0.25, 0.3) is 0 Å². The molecule has 0 aliphatic heterocycles. The van der Waals surface area contributed by atoms with Crippen molar-refractivity contribution in [1.29, 1.82) is 0 Å². The number of carboxylic acids is 2. The smallest absolute Gasteiger partial charge is 0.335 e. The van der Waals surface area contributed by atoms with Gasteiger partial charge in [-0.15, -0.1) is 0 Å². The van der Waals surface area contributed by atoms with Gasteiger partial charge in [-0.3, -0.25) is 4.79 Å². The lowest BCUT2D eigenvalue weighted by molar-refractivity contribution is -0.137. The van der Waals surface area contributed by atoms with Crippen molar-refractivity contribution < 1.29 is 28.2 Å². The van der Waals surface area contributed by atoms with Crippen LogP contribution in [0.2, 0.25) is 0 Å². The molecule has 0 saturated carbocycles. The summed E-state index contributed by atoms with van der Waals surface area (Å²) >= 11 is 0. The molecule has 0 aliphatic rings. The van der Waals surface area contributed by atoms with Crippen LogP contribution in [0, 0.1) is 0 Å². The normalized spacial score (nSPS) is 11.2. The van der Waals surface area contributed by atoms with Crippen LogP contribution >= 0.6 is 0 Å². The Hall–Kier alpha value is -1.89. The first kappa shape index (κ1) is 16.2. The largest absolute Gasteiger partial charge is 0.481 e. The Morgan fingerprint density at radius 3 is 2.10 bits per heavy atom. The molecule has 0 aliphatic carbocycles. The highest BCUT2D eigenvalue weighted by atomic mass is 32.2. The van der Waals surface area contributed by atoms with Gasteiger partial charge in [-0.05, 0) is 30.5 Å². The maximum Gasteiger partial charge on any atom is 0.335 e. The summed E-state index contributed by atoms with van der Waals surface area (Å²) in [7, 11) is -3.31. The summed E-state index contributed by atoms with van der Waals surface area (Å²) in [6.07, 6.45) is 0.594. The minimum atomic E-state index is -3.31. The molecule has 1 aromatic carbocycles. The van der Waals surface area contributed by atoms with Crippen molar-refractivity contribution in [3.05, 3.63) is 35.4 Å². The van der Waals surface area contributed by atoms with Crippen LogP contribution in [0.5, 0.6) is 0 Å². The van der Waals surface area contributed by atoms with Gasteiger partial charge in [-0.2, -0.15) is 0 Å². The van der Waals surface area contributed by atoms with Crippen molar-refractivity contribution in [1.82, 2.24) is 0 Å². The SMILES string of the molecule is O=C(O)CCCCS(=O)(=O)Cc1ccc(C(=O)O)cc1. The number of sulfone groups is 1. The van der Waals surface area contributed by atoms with Crippen LogP contribution < -0.4 is 0 Å². The number of hydrogen-bond acceptors (Lipinski definition) is 4. The summed E-state index contributed by atoms with van der Waals surface area (Å²) in [6, 6.07) is 5.66. The number of benzene rings is 1. The molecule has 0 amide bonds. The molecule has 0 bridgehead atoms. The van der Waals surface area contributed by atoms with Crippen LogP contribution in [0.25, 0.3) is 0 Å². The van der Waals surface area contributed by atoms with E-state index in [1.807, 2.05) is 0 Å². The van der Waals surface area contributed by atoms with Gasteiger partial charge in [-0.1, -0.05) is 12.1 Å². The predicted octanol–water partition coefficient (Wildman–Crippen LogP) is 1.55. The molecule has 0 heterocycles. The zero-order chi connectivity index (χ0) is 15.2. The van der Waals surface area contributed by atoms with Crippen LogP contribution in [0.1, 0.15) is 35.2 Å². The van der Waals surface area contributed by atoms with Gasteiger partial charge in [0.2, 0.25) is 0 Å². The van der Waals surface area contributed by atoms with E-state index in [1.54, 1.807) is 0 Å². The van der Waals surface area contributed by atoms with E-state index in [-0.39, 0.29) is 23.5 Å². The fourth-order valence-corrected chi connectivity index (χ4v) is 3.16. The van der Waals surface area contributed by atoms with Gasteiger partial charge < -0.3 is 10.2 Å². The third-order valence-corrected chi connectivity index (χ3v) is 4.37. The van der Waals surface area contributed by atoms with E-state index in [0.29, 0.717) is 18.4 Å². The Morgan fingerprint density at radius 2 is 1.60 bits per heavy atom. The molecule has 0 atom stereocenters. The molecule has 0 saturated heterocycles. The number of unbranched alkanes of at least 4 members (excludes halogenated alkanes) is 1. The van der Waals surface area contributed by atoms with E-state index in [0.717, 1.165) is 0 Å². The highest BCUT2D eigenvalue weighted by Gasteiger charge is 2.12. The molecule has 0 spiro atoms. The highest BCUT2D eigenvalue weighted by molar-refractivity contribution is 7.90. The number of carboxylic acid groups (broad SMARTS) is 2. The van der Waals surface area contributed by atoms with Crippen LogP contribution in [0.3, 0.4) is 0 Å². The molecule has 6 nitrogen and oxygen atoms in total. The van der Waals surface area contributed by atoms with Crippen LogP contribution in [0.4, 0.5) is 0 Å². The number of rotatable bonds is 8. The highest BCUT2D eigenvalue weighted by Crippen LogP contribution is 2.11. The fourth-order valence-electron chi connectivity index (χ4n) is 1.67. The van der Waals surface area contributed by atoms with E-state index in [4.69, 9.17) is 10.2 Å². The van der Waals surface area contributed by atoms with E-state index in [9.17, 15) is 18.0 Å². The molecule has 0 unspecified atom stereocenters. The van der Waals surface area contributed by atoms with Crippen molar-refractivity contribution in [3.8, 4) is 0 Å². The van der Waals surface area contributed by atoms with Crippen LogP contribution in [-0.4, -0.2) is 36.3 Å². The quantitative estimate of drug-likeness (QED) is 0.705. The molecule has 110 valence electrons. The lowest BCUT2D eigenvalue weighted by Crippen LogP contribution is -2.10. The average molecular weight is 300 g/mol. The lowest BCUT2D eigenvalue weighted by atomic mass is 10.1. The van der Waals surface area contributed by atoms with Gasteiger partial charge >= 0.3 is 11.9 Å². The molecule has 0 radical (unpaired) electrons. The van der Waals surface area contributed by atoms with Crippen molar-refractivity contribution >= 4 is 21.8 Å². The Morgan fingerprint density at radius 1 is 1.00 bits per heavy atom. The first-order valence-electron chi connectivity index (χ1n) is 6.04. The molecule has 7 heteroatoms. The molecule has 2 N–H and O–H groups in total. The predicted molar refractivity (Wildman–Crippen MR) is 72.4 cm³/mol. The molecule has 0 fully saturated rings. The van der Waals surface area contributed by atoms with Gasteiger partial charge in [0.1, 0.15) is 0 Å². The monoisotopic (exact) mass is 300 g/mol. The lowest BCUT2D eigenvalue weighted by Gasteiger charge is -2.04. The number of aromatic carboxylic acids is 1. The minimum absolute atomic E-state index is 0.0389. The summed E-state index contributed by atoms with van der Waals surface area (Å²) in [5, 5.41) is 17.2. The van der Waals surface area contributed by atoms with Crippen molar-refractivity contribution in [2.75, 3.05) is 5.75 Å². The third-order valence-electron chi connectivity index (χ3n) is 2.68. The summed E-state index contributed by atoms with van der Waals surface area (Å²) in [6.45, 7) is 0. The number of aliphatic carboxylic acids is 1. The van der Waals surface area contributed by atoms with Gasteiger partial charge in [-0.25, -0.2) is 13.2 Å². The molecule has 20 heavy (non-hydrogen) atoms. The summed E-state index contributed by atoms with van der Waals surface area (Å²) in [4.78, 5) is 21.0. The fraction of sp³-hybridized carbons (Fsp3) is 0.385. The molecule has 0 aromatic heterocycles. The number of hydrogen-bond donors (Lipinski definition) is 2.